The third-order valence-corrected chi connectivity index (χ3v) is 2.11. The Hall–Kier alpha value is -3.04. The number of nitrogens with zero attached hydrogens (tertiary/aromatic N) is 1. The zero-order valence-electron chi connectivity index (χ0n) is 10.6. The van der Waals surface area contributed by atoms with Gasteiger partial charge in [-0.25, -0.2) is 20.4 Å². The first kappa shape index (κ1) is 15.0. The van der Waals surface area contributed by atoms with E-state index in [4.69, 9.17) is 4.74 Å². The molecule has 3 amide bonds. The van der Waals surface area contributed by atoms with Crippen molar-refractivity contribution in [3.63, 3.8) is 0 Å². The van der Waals surface area contributed by atoms with Crippen molar-refractivity contribution in [3.8, 4) is 5.75 Å². The number of carbonyl (C=O) groups is 2. The molecule has 0 saturated carbocycles. The number of hydrazine groups is 1. The van der Waals surface area contributed by atoms with Crippen molar-refractivity contribution in [2.45, 2.75) is 0 Å². The molecular weight excluding hydrogens is 272 g/mol. The number of nitro benzene ring substituents is 1. The normalized spacial score (nSPS) is 9.30. The summed E-state index contributed by atoms with van der Waals surface area (Å²) in [4.78, 5) is 32.3. The van der Waals surface area contributed by atoms with Gasteiger partial charge in [0.2, 0.25) is 0 Å². The summed E-state index contributed by atoms with van der Waals surface area (Å²) in [5.74, 6) is 0.273. The summed E-state index contributed by atoms with van der Waals surface area (Å²) in [7, 11) is 2.47. The van der Waals surface area contributed by atoms with Gasteiger partial charge >= 0.3 is 12.1 Å². The van der Waals surface area contributed by atoms with Crippen LogP contribution in [0.25, 0.3) is 0 Å². The van der Waals surface area contributed by atoms with Gasteiger partial charge in [0.1, 0.15) is 11.4 Å². The summed E-state index contributed by atoms with van der Waals surface area (Å²) in [5, 5.41) is 13.1. The molecule has 0 spiro atoms. The Morgan fingerprint density at radius 1 is 1.25 bits per heavy atom. The minimum Gasteiger partial charge on any atom is -0.496 e. The van der Waals surface area contributed by atoms with Crippen LogP contribution in [0.3, 0.4) is 0 Å². The lowest BCUT2D eigenvalue weighted by molar-refractivity contribution is -0.384. The van der Waals surface area contributed by atoms with E-state index in [9.17, 15) is 19.7 Å². The van der Waals surface area contributed by atoms with Gasteiger partial charge in [0, 0.05) is 0 Å². The number of anilines is 1. The molecule has 0 aliphatic rings. The second kappa shape index (κ2) is 6.78. The van der Waals surface area contributed by atoms with Crippen LogP contribution < -0.4 is 20.9 Å². The minimum atomic E-state index is -0.885. The number of benzene rings is 1. The molecule has 0 aliphatic heterocycles. The lowest BCUT2D eigenvalue weighted by Gasteiger charge is -2.09. The molecule has 10 heteroatoms. The summed E-state index contributed by atoms with van der Waals surface area (Å²) in [6.45, 7) is 0. The summed E-state index contributed by atoms with van der Waals surface area (Å²) in [6.07, 6.45) is -0.885. The van der Waals surface area contributed by atoms with E-state index in [1.165, 1.54) is 19.2 Å². The van der Waals surface area contributed by atoms with Crippen LogP contribution in [0, 0.1) is 10.1 Å². The van der Waals surface area contributed by atoms with Crippen molar-refractivity contribution < 1.29 is 24.0 Å². The maximum absolute atomic E-state index is 11.4. The first-order chi connectivity index (χ1) is 9.47. The largest absolute Gasteiger partial charge is 0.496 e. The van der Waals surface area contributed by atoms with E-state index in [-0.39, 0.29) is 17.1 Å². The maximum Gasteiger partial charge on any atom is 0.425 e. The van der Waals surface area contributed by atoms with Crippen LogP contribution in [0.15, 0.2) is 18.2 Å². The smallest absolute Gasteiger partial charge is 0.425 e. The molecule has 0 aromatic heterocycles. The predicted molar refractivity (Wildman–Crippen MR) is 67.3 cm³/mol. The molecule has 1 rings (SSSR count). The highest BCUT2D eigenvalue weighted by Crippen LogP contribution is 2.28. The van der Waals surface area contributed by atoms with Gasteiger partial charge in [-0.3, -0.25) is 10.1 Å². The molecule has 0 radical (unpaired) electrons. The molecular formula is C10H12N4O6. The van der Waals surface area contributed by atoms with Gasteiger partial charge in [-0.1, -0.05) is 0 Å². The number of rotatable bonds is 3. The number of hydrogen-bond donors (Lipinski definition) is 3. The van der Waals surface area contributed by atoms with Crippen molar-refractivity contribution in [2.75, 3.05) is 19.5 Å². The van der Waals surface area contributed by atoms with E-state index < -0.39 is 17.0 Å². The van der Waals surface area contributed by atoms with Crippen molar-refractivity contribution in [3.05, 3.63) is 28.3 Å². The number of hydrogen-bond acceptors (Lipinski definition) is 6. The third kappa shape index (κ3) is 4.01. The average Bonchev–Trinajstić information content (AvgIpc) is 2.44. The van der Waals surface area contributed by atoms with Crippen molar-refractivity contribution in [1.29, 1.82) is 0 Å². The molecule has 108 valence electrons. The van der Waals surface area contributed by atoms with E-state index in [2.05, 4.69) is 10.1 Å². The van der Waals surface area contributed by atoms with E-state index in [1.807, 2.05) is 10.9 Å². The standard InChI is InChI=1S/C10H12N4O6/c1-19-6-3-4-7(8(5-6)14(17)18)11-9(15)12-13-10(16)20-2/h3-5H,1-2H3,(H,13,16)(H2,11,12,15). The van der Waals surface area contributed by atoms with Gasteiger partial charge in [0.15, 0.2) is 0 Å². The molecule has 0 fully saturated rings. The molecule has 0 atom stereocenters. The van der Waals surface area contributed by atoms with Crippen LogP contribution in [-0.2, 0) is 4.74 Å². The molecule has 10 nitrogen and oxygen atoms in total. The highest BCUT2D eigenvalue weighted by atomic mass is 16.6. The molecule has 0 saturated heterocycles. The van der Waals surface area contributed by atoms with Crippen LogP contribution in [0.4, 0.5) is 21.0 Å². The maximum atomic E-state index is 11.4. The molecule has 0 aliphatic carbocycles. The zero-order valence-corrected chi connectivity index (χ0v) is 10.6. The highest BCUT2D eigenvalue weighted by molar-refractivity contribution is 5.92. The Morgan fingerprint density at radius 3 is 2.50 bits per heavy atom. The highest BCUT2D eigenvalue weighted by Gasteiger charge is 2.17. The van der Waals surface area contributed by atoms with Gasteiger partial charge in [-0.05, 0) is 12.1 Å². The second-order valence-electron chi connectivity index (χ2n) is 3.34. The Labute approximate surface area is 113 Å². The second-order valence-corrected chi connectivity index (χ2v) is 3.34. The number of nitrogens with one attached hydrogen (secondary N) is 3. The monoisotopic (exact) mass is 284 g/mol. The topological polar surface area (TPSA) is 132 Å². The fraction of sp³-hybridized carbons (Fsp3) is 0.200. The quantitative estimate of drug-likeness (QED) is 0.560. The average molecular weight is 284 g/mol. The Balaban J connectivity index is 2.78. The van der Waals surface area contributed by atoms with Crippen molar-refractivity contribution in [1.82, 2.24) is 10.9 Å². The lowest BCUT2D eigenvalue weighted by Crippen LogP contribution is -2.43. The molecule has 1 aromatic rings. The number of carbonyl (C=O) groups excluding carboxylic acids is 2. The fourth-order valence-electron chi connectivity index (χ4n) is 1.21. The van der Waals surface area contributed by atoms with Gasteiger partial charge in [0.05, 0.1) is 25.2 Å². The SMILES string of the molecule is COC(=O)NNC(=O)Nc1ccc(OC)cc1[N+](=O)[O-]. The van der Waals surface area contributed by atoms with E-state index in [0.717, 1.165) is 13.2 Å². The summed E-state index contributed by atoms with van der Waals surface area (Å²) in [6, 6.07) is 3.03. The number of ether oxygens (including phenoxy) is 2. The van der Waals surface area contributed by atoms with Gasteiger partial charge in [-0.2, -0.15) is 0 Å². The van der Waals surface area contributed by atoms with Crippen LogP contribution >= 0.6 is 0 Å². The minimum absolute atomic E-state index is 0.0556. The number of urea groups is 1. The first-order valence-electron chi connectivity index (χ1n) is 5.21. The van der Waals surface area contributed by atoms with Crippen LogP contribution in [0.5, 0.6) is 5.75 Å². The molecule has 0 heterocycles. The number of amides is 3. The molecule has 1 aromatic carbocycles. The molecule has 3 N–H and O–H groups in total. The van der Waals surface area contributed by atoms with Crippen LogP contribution in [-0.4, -0.2) is 31.3 Å². The summed E-state index contributed by atoms with van der Waals surface area (Å²) >= 11 is 0. The van der Waals surface area contributed by atoms with Crippen LogP contribution in [0.2, 0.25) is 0 Å². The summed E-state index contributed by atoms with van der Waals surface area (Å²) in [5.41, 5.74) is 3.45. The van der Waals surface area contributed by atoms with Crippen molar-refractivity contribution >= 4 is 23.5 Å². The van der Waals surface area contributed by atoms with Crippen LogP contribution in [0.1, 0.15) is 0 Å². The van der Waals surface area contributed by atoms with E-state index >= 15 is 0 Å². The zero-order chi connectivity index (χ0) is 15.1. The molecule has 0 unspecified atom stereocenters. The summed E-state index contributed by atoms with van der Waals surface area (Å²) < 4.78 is 9.08. The van der Waals surface area contributed by atoms with Gasteiger partial charge in [0.25, 0.3) is 5.69 Å². The lowest BCUT2D eigenvalue weighted by atomic mass is 10.2. The Morgan fingerprint density at radius 2 is 1.95 bits per heavy atom. The molecule has 0 bridgehead atoms. The predicted octanol–water partition coefficient (Wildman–Crippen LogP) is 0.996. The number of nitro groups is 1. The van der Waals surface area contributed by atoms with Crippen molar-refractivity contribution in [2.24, 2.45) is 0 Å². The first-order valence-corrected chi connectivity index (χ1v) is 5.21. The fourth-order valence-corrected chi connectivity index (χ4v) is 1.21. The Kier molecular flexibility index (Phi) is 5.09. The Bertz CT molecular complexity index is 532. The number of methoxy groups -OCH3 is 2. The van der Waals surface area contributed by atoms with E-state index in [1.54, 1.807) is 0 Å². The molecule has 20 heavy (non-hydrogen) atoms. The third-order valence-electron chi connectivity index (χ3n) is 2.11. The van der Waals surface area contributed by atoms with Gasteiger partial charge < -0.3 is 14.8 Å². The van der Waals surface area contributed by atoms with Gasteiger partial charge in [-0.15, -0.1) is 0 Å². The van der Waals surface area contributed by atoms with E-state index in [0.29, 0.717) is 0 Å².